The zero-order valence-corrected chi connectivity index (χ0v) is 25.3. The molecule has 3 N–H and O–H groups in total. The largest absolute Gasteiger partial charge is 0.474 e. The lowest BCUT2D eigenvalue weighted by molar-refractivity contribution is -0.151. The molecule has 2 aromatic rings. The molecular formula is C30H31FN4O9S. The molecular weight excluding hydrogens is 611 g/mol. The van der Waals surface area contributed by atoms with Crippen LogP contribution in [0.3, 0.4) is 0 Å². The molecule has 0 radical (unpaired) electrons. The van der Waals surface area contributed by atoms with Gasteiger partial charge in [-0.2, -0.15) is 8.42 Å². The summed E-state index contributed by atoms with van der Waals surface area (Å²) in [5.41, 5.74) is -0.809. The van der Waals surface area contributed by atoms with E-state index in [-0.39, 0.29) is 56.1 Å². The predicted molar refractivity (Wildman–Crippen MR) is 155 cm³/mol. The number of nitrogens with one attached hydrogen (secondary N) is 2. The summed E-state index contributed by atoms with van der Waals surface area (Å²) in [7, 11) is -4.19. The number of rotatable bonds is 8. The molecule has 6 rings (SSSR count). The fraction of sp³-hybridized carbons (Fsp3) is 0.400. The van der Waals surface area contributed by atoms with Crippen molar-refractivity contribution in [2.75, 3.05) is 13.2 Å². The Morgan fingerprint density at radius 1 is 1.07 bits per heavy atom. The summed E-state index contributed by atoms with van der Waals surface area (Å²) in [4.78, 5) is 69.1. The molecule has 3 fully saturated rings. The number of hydrogen-bond donors (Lipinski definition) is 3. The van der Waals surface area contributed by atoms with Crippen molar-refractivity contribution in [3.63, 3.8) is 0 Å². The Labute approximate surface area is 258 Å². The molecule has 3 heterocycles. The Morgan fingerprint density at radius 2 is 1.73 bits per heavy atom. The van der Waals surface area contributed by atoms with Gasteiger partial charge in [-0.1, -0.05) is 29.8 Å². The quantitative estimate of drug-likeness (QED) is 0.216. The van der Waals surface area contributed by atoms with Crippen LogP contribution in [0.1, 0.15) is 42.4 Å². The first-order valence-corrected chi connectivity index (χ1v) is 15.5. The number of halogens is 1. The zero-order chi connectivity index (χ0) is 32.7. The van der Waals surface area contributed by atoms with Crippen LogP contribution in [0, 0.1) is 25.1 Å². The van der Waals surface area contributed by atoms with Crippen LogP contribution in [0.2, 0.25) is 0 Å². The first-order valence-electron chi connectivity index (χ1n) is 14.1. The molecule has 0 spiro atoms. The highest BCUT2D eigenvalue weighted by Gasteiger charge is 2.58. The number of ketones is 1. The van der Waals surface area contributed by atoms with Gasteiger partial charge in [-0.05, 0) is 68.9 Å². The predicted octanol–water partition coefficient (Wildman–Crippen LogP) is 1.16. The lowest BCUT2D eigenvalue weighted by Gasteiger charge is -2.42. The number of carboxylic acids is 1. The van der Waals surface area contributed by atoms with Crippen molar-refractivity contribution in [2.45, 2.75) is 62.6 Å². The van der Waals surface area contributed by atoms with Crippen molar-refractivity contribution in [1.82, 2.24) is 15.5 Å². The summed E-state index contributed by atoms with van der Waals surface area (Å²) in [6, 6.07) is 8.42. The molecule has 1 aliphatic carbocycles. The summed E-state index contributed by atoms with van der Waals surface area (Å²) in [6.07, 6.45) is 0.405. The van der Waals surface area contributed by atoms with E-state index in [0.29, 0.717) is 11.1 Å². The van der Waals surface area contributed by atoms with E-state index in [1.807, 2.05) is 0 Å². The van der Waals surface area contributed by atoms with E-state index >= 15 is 0 Å². The average Bonchev–Trinajstić information content (AvgIpc) is 3.22. The molecule has 0 aromatic heterocycles. The summed E-state index contributed by atoms with van der Waals surface area (Å²) >= 11 is 0. The van der Waals surface area contributed by atoms with E-state index in [1.54, 1.807) is 26.0 Å². The number of hydrogen-bond acceptors (Lipinski definition) is 9. The van der Waals surface area contributed by atoms with Gasteiger partial charge in [0, 0.05) is 18.5 Å². The van der Waals surface area contributed by atoms with Gasteiger partial charge in [0.05, 0.1) is 17.0 Å². The number of carbonyl (C=O) groups excluding carboxylic acids is 4. The molecule has 13 nitrogen and oxygen atoms in total. The third-order valence-corrected chi connectivity index (χ3v) is 9.89. The minimum absolute atomic E-state index is 0.0277. The van der Waals surface area contributed by atoms with E-state index in [2.05, 4.69) is 15.6 Å². The number of Topliss-reactive ketones (excluding diaryl/α,β-unsaturated/α-hetero) is 1. The highest BCUT2D eigenvalue weighted by Crippen LogP contribution is 2.48. The van der Waals surface area contributed by atoms with E-state index in [1.165, 1.54) is 30.3 Å². The lowest BCUT2D eigenvalue weighted by atomic mass is 9.69. The Bertz CT molecular complexity index is 1730. The van der Waals surface area contributed by atoms with Crippen LogP contribution in [-0.4, -0.2) is 78.5 Å². The highest BCUT2D eigenvalue weighted by molar-refractivity contribution is 7.86. The molecule has 15 heteroatoms. The summed E-state index contributed by atoms with van der Waals surface area (Å²) in [5, 5.41) is 14.3. The number of benzene rings is 2. The van der Waals surface area contributed by atoms with Crippen LogP contribution in [0.4, 0.5) is 4.39 Å². The minimum atomic E-state index is -4.19. The topological polar surface area (TPSA) is 189 Å². The molecule has 2 aromatic carbocycles. The van der Waals surface area contributed by atoms with Crippen molar-refractivity contribution >= 4 is 45.4 Å². The van der Waals surface area contributed by atoms with E-state index in [4.69, 9.17) is 4.18 Å². The Hall–Kier alpha value is -4.50. The molecule has 3 amide bonds. The molecule has 3 aliphatic heterocycles. The monoisotopic (exact) mass is 642 g/mol. The molecule has 4 aliphatic rings. The molecule has 2 saturated heterocycles. The van der Waals surface area contributed by atoms with Crippen molar-refractivity contribution in [2.24, 2.45) is 10.4 Å². The molecule has 1 unspecified atom stereocenters. The summed E-state index contributed by atoms with van der Waals surface area (Å²) in [5.74, 6) is -6.92. The first kappa shape index (κ1) is 31.9. The maximum absolute atomic E-state index is 13.7. The van der Waals surface area contributed by atoms with Gasteiger partial charge >= 0.3 is 11.9 Å². The Kier molecular flexibility index (Phi) is 8.35. The summed E-state index contributed by atoms with van der Waals surface area (Å²) in [6.45, 7) is 2.68. The Balaban J connectivity index is 1.44. The Morgan fingerprint density at radius 3 is 2.36 bits per heavy atom. The third-order valence-electron chi connectivity index (χ3n) is 8.61. The average molecular weight is 643 g/mol. The zero-order valence-electron chi connectivity index (χ0n) is 24.5. The summed E-state index contributed by atoms with van der Waals surface area (Å²) < 4.78 is 45.1. The number of carboxylic acid groups (broad SMARTS) is 1. The fourth-order valence-electron chi connectivity index (χ4n) is 5.95. The molecule has 238 valence electrons. The number of carbonyl (C=O) groups is 5. The van der Waals surface area contributed by atoms with Crippen molar-refractivity contribution < 1.29 is 46.1 Å². The standard InChI is InChI=1S/C30H31FN4O9S/c1-17-3-6-20(7-4-17)45(42,43)44-16-29-9-11-30(12-10-29,34-25(38)27(40)41)28-33-22(23(36)26(39)35(28)15-29)24(37)32-14-19-5-8-21(31)18(2)13-19/h3-8,13,22H,9-12,14-16H2,1-2H3,(H,32,37)(H,34,38)(H,40,41). The van der Waals surface area contributed by atoms with Crippen LogP contribution >= 0.6 is 0 Å². The number of nitrogens with zero attached hydrogens (tertiary/aromatic N) is 2. The van der Waals surface area contributed by atoms with Crippen LogP contribution < -0.4 is 10.6 Å². The second kappa shape index (κ2) is 11.8. The molecule has 1 saturated carbocycles. The minimum Gasteiger partial charge on any atom is -0.474 e. The van der Waals surface area contributed by atoms with Gasteiger partial charge in [-0.15, -0.1) is 0 Å². The third kappa shape index (κ3) is 6.22. The second-order valence-corrected chi connectivity index (χ2v) is 13.4. The number of aliphatic carboxylic acids is 1. The first-order chi connectivity index (χ1) is 21.2. The van der Waals surface area contributed by atoms with Gasteiger partial charge in [-0.25, -0.2) is 14.2 Å². The van der Waals surface area contributed by atoms with Gasteiger partial charge in [0.1, 0.15) is 11.7 Å². The van der Waals surface area contributed by atoms with Gasteiger partial charge < -0.3 is 15.7 Å². The SMILES string of the molecule is Cc1ccc(S(=O)(=O)OCC23CCC(NC(=O)C(=O)O)(CC2)C2=NC(C(=O)NCc4ccc(F)c(C)c4)C(=O)C(=O)N2C3)cc1. The van der Waals surface area contributed by atoms with Gasteiger partial charge in [0.25, 0.3) is 27.7 Å². The van der Waals surface area contributed by atoms with Crippen LogP contribution in [0.5, 0.6) is 0 Å². The number of amides is 3. The lowest BCUT2D eigenvalue weighted by Crippen LogP contribution is -2.64. The number of amidine groups is 1. The fourth-order valence-corrected chi connectivity index (χ4v) is 6.96. The van der Waals surface area contributed by atoms with E-state index in [9.17, 15) is 41.9 Å². The van der Waals surface area contributed by atoms with E-state index in [0.717, 1.165) is 10.5 Å². The van der Waals surface area contributed by atoms with Gasteiger partial charge in [0.15, 0.2) is 6.04 Å². The number of aryl methyl sites for hydroxylation is 2. The molecule has 45 heavy (non-hydrogen) atoms. The normalized spacial score (nSPS) is 24.4. The van der Waals surface area contributed by atoms with Crippen molar-refractivity contribution in [1.29, 1.82) is 0 Å². The smallest absolute Gasteiger partial charge is 0.394 e. The van der Waals surface area contributed by atoms with Gasteiger partial charge in [-0.3, -0.25) is 28.3 Å². The van der Waals surface area contributed by atoms with E-state index < -0.39 is 62.4 Å². The second-order valence-electron chi connectivity index (χ2n) is 11.8. The van der Waals surface area contributed by atoms with Crippen LogP contribution in [-0.2, 0) is 44.8 Å². The number of fused-ring (bicyclic) bond motifs is 2. The number of aliphatic imine (C=N–C) groups is 1. The van der Waals surface area contributed by atoms with Crippen molar-refractivity contribution in [3.05, 3.63) is 65.0 Å². The molecule has 2 bridgehead atoms. The van der Waals surface area contributed by atoms with Crippen molar-refractivity contribution in [3.8, 4) is 0 Å². The van der Waals surface area contributed by atoms with Crippen LogP contribution in [0.15, 0.2) is 52.4 Å². The maximum atomic E-state index is 13.7. The maximum Gasteiger partial charge on any atom is 0.394 e. The molecule has 1 atom stereocenters. The van der Waals surface area contributed by atoms with Gasteiger partial charge in [0.2, 0.25) is 0 Å². The van der Waals surface area contributed by atoms with Crippen LogP contribution in [0.25, 0.3) is 0 Å². The highest BCUT2D eigenvalue weighted by atomic mass is 32.2.